The Hall–Kier alpha value is -2.59. The zero-order chi connectivity index (χ0) is 20.4. The number of para-hydroxylation sites is 1. The topological polar surface area (TPSA) is 42.4 Å². The number of hydrogen-bond donors (Lipinski definition) is 0. The summed E-state index contributed by atoms with van der Waals surface area (Å²) in [7, 11) is 1.66. The van der Waals surface area contributed by atoms with E-state index in [1.165, 1.54) is 5.56 Å². The summed E-state index contributed by atoms with van der Waals surface area (Å²) in [6, 6.07) is 16.0. The van der Waals surface area contributed by atoms with Crippen molar-refractivity contribution in [2.75, 3.05) is 7.11 Å². The number of fused-ring (bicyclic) bond motifs is 1. The van der Waals surface area contributed by atoms with Crippen LogP contribution < -0.4 is 4.74 Å². The van der Waals surface area contributed by atoms with E-state index < -0.39 is 0 Å². The summed E-state index contributed by atoms with van der Waals surface area (Å²) in [4.78, 5) is 19.6. The molecule has 4 rings (SSSR count). The van der Waals surface area contributed by atoms with E-state index in [4.69, 9.17) is 16.3 Å². The Bertz CT molecular complexity index is 1050. The van der Waals surface area contributed by atoms with Crippen molar-refractivity contribution >= 4 is 28.4 Å². The van der Waals surface area contributed by atoms with Crippen molar-refractivity contribution in [1.82, 2.24) is 9.88 Å². The minimum Gasteiger partial charge on any atom is -0.496 e. The molecule has 5 heteroatoms. The number of benzene rings is 2. The molecule has 3 aromatic rings. The summed E-state index contributed by atoms with van der Waals surface area (Å²) < 4.78 is 5.50. The molecule has 29 heavy (non-hydrogen) atoms. The Balaban J connectivity index is 1.67. The fourth-order valence-electron chi connectivity index (χ4n) is 3.80. The van der Waals surface area contributed by atoms with Gasteiger partial charge in [-0.05, 0) is 44.0 Å². The maximum atomic E-state index is 13.2. The third kappa shape index (κ3) is 4.23. The number of amides is 1. The number of carbonyl (C=O) groups is 1. The van der Waals surface area contributed by atoms with E-state index in [1.807, 2.05) is 41.3 Å². The maximum Gasteiger partial charge on any atom is 0.226 e. The SMILES string of the molecule is COc1ccccc1CN(Cc1cc2cc(C)ccc2nc1Cl)C(=O)C1CCC1. The van der Waals surface area contributed by atoms with Gasteiger partial charge in [0.1, 0.15) is 10.9 Å². The highest BCUT2D eigenvalue weighted by Crippen LogP contribution is 2.31. The van der Waals surface area contributed by atoms with Gasteiger partial charge in [0.05, 0.1) is 12.6 Å². The molecule has 1 aromatic heterocycles. The Morgan fingerprint density at radius 2 is 1.90 bits per heavy atom. The van der Waals surface area contributed by atoms with Crippen LogP contribution in [0.1, 0.15) is 36.0 Å². The minimum absolute atomic E-state index is 0.110. The summed E-state index contributed by atoms with van der Waals surface area (Å²) in [6.45, 7) is 2.98. The van der Waals surface area contributed by atoms with Gasteiger partial charge in [-0.25, -0.2) is 4.98 Å². The summed E-state index contributed by atoms with van der Waals surface area (Å²) in [5.74, 6) is 1.08. The number of rotatable bonds is 6. The van der Waals surface area contributed by atoms with E-state index in [9.17, 15) is 4.79 Å². The zero-order valence-electron chi connectivity index (χ0n) is 16.8. The second-order valence-electron chi connectivity index (χ2n) is 7.77. The van der Waals surface area contributed by atoms with Gasteiger partial charge in [0.25, 0.3) is 0 Å². The number of halogens is 1. The molecule has 0 saturated heterocycles. The largest absolute Gasteiger partial charge is 0.496 e. The molecule has 0 unspecified atom stereocenters. The van der Waals surface area contributed by atoms with Gasteiger partial charge in [-0.2, -0.15) is 0 Å². The van der Waals surface area contributed by atoms with Crippen LogP contribution in [-0.4, -0.2) is 22.9 Å². The number of pyridine rings is 1. The van der Waals surface area contributed by atoms with Crippen LogP contribution in [0.4, 0.5) is 0 Å². The number of methoxy groups -OCH3 is 1. The van der Waals surface area contributed by atoms with Crippen LogP contribution in [0.5, 0.6) is 5.75 Å². The zero-order valence-corrected chi connectivity index (χ0v) is 17.6. The molecule has 1 amide bonds. The number of hydrogen-bond acceptors (Lipinski definition) is 3. The Kier molecular flexibility index (Phi) is 5.72. The van der Waals surface area contributed by atoms with Gasteiger partial charge in [-0.3, -0.25) is 4.79 Å². The Morgan fingerprint density at radius 3 is 2.62 bits per heavy atom. The Labute approximate surface area is 176 Å². The van der Waals surface area contributed by atoms with Crippen LogP contribution in [0.25, 0.3) is 10.9 Å². The van der Waals surface area contributed by atoms with Crippen molar-refractivity contribution in [2.45, 2.75) is 39.3 Å². The molecule has 0 atom stereocenters. The third-order valence-corrected chi connectivity index (χ3v) is 6.00. The second-order valence-corrected chi connectivity index (χ2v) is 8.13. The predicted octanol–water partition coefficient (Wildman–Crippen LogP) is 5.53. The highest BCUT2D eigenvalue weighted by atomic mass is 35.5. The average molecular weight is 409 g/mol. The summed E-state index contributed by atoms with van der Waals surface area (Å²) in [5.41, 5.74) is 3.89. The maximum absolute atomic E-state index is 13.2. The molecule has 0 radical (unpaired) electrons. The molecule has 0 bridgehead atoms. The lowest BCUT2D eigenvalue weighted by molar-refractivity contribution is -0.139. The van der Waals surface area contributed by atoms with E-state index in [2.05, 4.69) is 24.0 Å². The van der Waals surface area contributed by atoms with Crippen molar-refractivity contribution in [3.8, 4) is 5.75 Å². The molecule has 150 valence electrons. The van der Waals surface area contributed by atoms with Crippen LogP contribution in [0.3, 0.4) is 0 Å². The number of ether oxygens (including phenoxy) is 1. The van der Waals surface area contributed by atoms with Gasteiger partial charge < -0.3 is 9.64 Å². The minimum atomic E-state index is 0.110. The molecule has 1 aliphatic carbocycles. The quantitative estimate of drug-likeness (QED) is 0.503. The van der Waals surface area contributed by atoms with E-state index in [0.717, 1.165) is 47.0 Å². The molecule has 4 nitrogen and oxygen atoms in total. The van der Waals surface area contributed by atoms with Crippen molar-refractivity contribution in [3.63, 3.8) is 0 Å². The first-order chi connectivity index (χ1) is 14.0. The van der Waals surface area contributed by atoms with E-state index in [0.29, 0.717) is 18.2 Å². The van der Waals surface area contributed by atoms with Crippen molar-refractivity contribution in [3.05, 3.63) is 70.4 Å². The first-order valence-electron chi connectivity index (χ1n) is 10.0. The van der Waals surface area contributed by atoms with E-state index in [-0.39, 0.29) is 11.8 Å². The lowest BCUT2D eigenvalue weighted by Crippen LogP contribution is -2.38. The molecular formula is C24H25ClN2O2. The monoisotopic (exact) mass is 408 g/mol. The van der Waals surface area contributed by atoms with Gasteiger partial charge >= 0.3 is 0 Å². The normalized spacial score (nSPS) is 13.9. The van der Waals surface area contributed by atoms with Crippen LogP contribution in [0.15, 0.2) is 48.5 Å². The highest BCUT2D eigenvalue weighted by molar-refractivity contribution is 6.30. The number of nitrogens with zero attached hydrogens (tertiary/aromatic N) is 2. The average Bonchev–Trinajstić information content (AvgIpc) is 2.67. The smallest absolute Gasteiger partial charge is 0.226 e. The molecule has 1 fully saturated rings. The third-order valence-electron chi connectivity index (χ3n) is 5.68. The highest BCUT2D eigenvalue weighted by Gasteiger charge is 2.30. The molecule has 1 aliphatic rings. The molecule has 1 saturated carbocycles. The number of carbonyl (C=O) groups excluding carboxylic acids is 1. The fourth-order valence-corrected chi connectivity index (χ4v) is 4.00. The first kappa shape index (κ1) is 19.7. The predicted molar refractivity (Wildman–Crippen MR) is 116 cm³/mol. The van der Waals surface area contributed by atoms with E-state index in [1.54, 1.807) is 7.11 Å². The van der Waals surface area contributed by atoms with Gasteiger partial charge in [-0.1, -0.05) is 47.9 Å². The van der Waals surface area contributed by atoms with Gasteiger partial charge in [-0.15, -0.1) is 0 Å². The van der Waals surface area contributed by atoms with Gasteiger partial charge in [0.2, 0.25) is 5.91 Å². The van der Waals surface area contributed by atoms with Crippen molar-refractivity contribution in [1.29, 1.82) is 0 Å². The van der Waals surface area contributed by atoms with Crippen LogP contribution in [-0.2, 0) is 17.9 Å². The van der Waals surface area contributed by atoms with Crippen LogP contribution in [0.2, 0.25) is 5.15 Å². The van der Waals surface area contributed by atoms with Crippen LogP contribution in [0, 0.1) is 12.8 Å². The fraction of sp³-hybridized carbons (Fsp3) is 0.333. The number of aryl methyl sites for hydroxylation is 1. The lowest BCUT2D eigenvalue weighted by Gasteiger charge is -2.32. The molecule has 2 aromatic carbocycles. The molecule has 0 aliphatic heterocycles. The molecule has 0 spiro atoms. The summed E-state index contributed by atoms with van der Waals surface area (Å²) >= 11 is 6.51. The molecule has 1 heterocycles. The summed E-state index contributed by atoms with van der Waals surface area (Å²) in [6.07, 6.45) is 3.05. The van der Waals surface area contributed by atoms with Gasteiger partial charge in [0.15, 0.2) is 0 Å². The number of aromatic nitrogens is 1. The van der Waals surface area contributed by atoms with Crippen molar-refractivity contribution in [2.24, 2.45) is 5.92 Å². The second kappa shape index (κ2) is 8.42. The standard InChI is InChI=1S/C24H25ClN2O2/c1-16-10-11-21-19(12-16)13-20(23(25)26-21)15-27(24(28)17-7-5-8-17)14-18-6-3-4-9-22(18)29-2/h3-4,6,9-13,17H,5,7-8,14-15H2,1-2H3. The van der Waals surface area contributed by atoms with Crippen molar-refractivity contribution < 1.29 is 9.53 Å². The lowest BCUT2D eigenvalue weighted by atomic mass is 9.84. The van der Waals surface area contributed by atoms with Crippen LogP contribution >= 0.6 is 11.6 Å². The molecular weight excluding hydrogens is 384 g/mol. The van der Waals surface area contributed by atoms with E-state index >= 15 is 0 Å². The first-order valence-corrected chi connectivity index (χ1v) is 10.4. The van der Waals surface area contributed by atoms with Gasteiger partial charge in [0, 0.05) is 35.5 Å². The summed E-state index contributed by atoms with van der Waals surface area (Å²) in [5, 5.41) is 1.49. The Morgan fingerprint density at radius 1 is 1.14 bits per heavy atom. The molecule has 0 N–H and O–H groups in total.